The van der Waals surface area contributed by atoms with E-state index in [4.69, 9.17) is 23.2 Å². The summed E-state index contributed by atoms with van der Waals surface area (Å²) in [4.78, 5) is 20.3. The van der Waals surface area contributed by atoms with Crippen LogP contribution < -0.4 is 10.5 Å². The second-order valence-electron chi connectivity index (χ2n) is 6.35. The van der Waals surface area contributed by atoms with Crippen LogP contribution in [0, 0.1) is 11.6 Å². The monoisotopic (exact) mass is 431 g/mol. The van der Waals surface area contributed by atoms with E-state index in [1.807, 2.05) is 11.0 Å². The highest BCUT2D eigenvalue weighted by molar-refractivity contribution is 6.31. The van der Waals surface area contributed by atoms with E-state index in [1.54, 1.807) is 36.5 Å². The summed E-state index contributed by atoms with van der Waals surface area (Å²) in [6, 6.07) is 14.4. The Morgan fingerprint density at radius 3 is 2.55 bits per heavy atom. The molecule has 0 aliphatic rings. The molecule has 0 fully saturated rings. The summed E-state index contributed by atoms with van der Waals surface area (Å²) < 4.78 is 27.9. The van der Waals surface area contributed by atoms with E-state index in [9.17, 15) is 13.6 Å². The van der Waals surface area contributed by atoms with Crippen molar-refractivity contribution in [3.05, 3.63) is 98.5 Å². The second kappa shape index (κ2) is 7.81. The Morgan fingerprint density at radius 1 is 1.00 bits per heavy atom. The van der Waals surface area contributed by atoms with E-state index >= 15 is 0 Å². The molecule has 4 aromatic rings. The van der Waals surface area contributed by atoms with E-state index in [1.165, 1.54) is 12.1 Å². The van der Waals surface area contributed by atoms with Gasteiger partial charge >= 0.3 is 0 Å². The minimum Gasteiger partial charge on any atom is -0.337 e. The SMILES string of the molecule is O=c1cc(CN(c2cccc(Cl)c2)c2ccnc(Cl)c2)c2ccc(F)c(F)c2[nH]1. The molecule has 0 atom stereocenters. The van der Waals surface area contributed by atoms with E-state index in [0.29, 0.717) is 26.8 Å². The third kappa shape index (κ3) is 3.95. The summed E-state index contributed by atoms with van der Waals surface area (Å²) in [7, 11) is 0. The number of hydrogen-bond donors (Lipinski definition) is 1. The number of hydrogen-bond acceptors (Lipinski definition) is 3. The maximum atomic E-state index is 14.2. The van der Waals surface area contributed by atoms with Crippen LogP contribution in [0.3, 0.4) is 0 Å². The lowest BCUT2D eigenvalue weighted by atomic mass is 10.1. The van der Waals surface area contributed by atoms with Crippen LogP contribution in [0.2, 0.25) is 10.2 Å². The van der Waals surface area contributed by atoms with Gasteiger partial charge in [-0.25, -0.2) is 13.8 Å². The lowest BCUT2D eigenvalue weighted by Crippen LogP contribution is -2.19. The Hall–Kier alpha value is -2.96. The van der Waals surface area contributed by atoms with Crippen LogP contribution in [-0.2, 0) is 6.54 Å². The molecule has 2 heterocycles. The van der Waals surface area contributed by atoms with Gasteiger partial charge < -0.3 is 9.88 Å². The fourth-order valence-electron chi connectivity index (χ4n) is 3.17. The minimum atomic E-state index is -1.09. The van der Waals surface area contributed by atoms with Crippen molar-refractivity contribution >= 4 is 45.5 Å². The zero-order chi connectivity index (χ0) is 20.5. The molecule has 0 bridgehead atoms. The maximum Gasteiger partial charge on any atom is 0.248 e. The Kier molecular flexibility index (Phi) is 5.22. The number of pyridine rings is 2. The van der Waals surface area contributed by atoms with Gasteiger partial charge in [0.25, 0.3) is 0 Å². The first-order valence-electron chi connectivity index (χ1n) is 8.57. The van der Waals surface area contributed by atoms with Crippen molar-refractivity contribution in [1.29, 1.82) is 0 Å². The van der Waals surface area contributed by atoms with Gasteiger partial charge in [-0.2, -0.15) is 0 Å². The number of nitrogens with one attached hydrogen (secondary N) is 1. The molecule has 8 heteroatoms. The van der Waals surface area contributed by atoms with Crippen molar-refractivity contribution in [1.82, 2.24) is 9.97 Å². The Labute approximate surface area is 174 Å². The molecule has 2 aromatic carbocycles. The van der Waals surface area contributed by atoms with Gasteiger partial charge in [-0.3, -0.25) is 4.79 Å². The fraction of sp³-hybridized carbons (Fsp3) is 0.0476. The van der Waals surface area contributed by atoms with Gasteiger partial charge in [0.2, 0.25) is 5.56 Å². The van der Waals surface area contributed by atoms with Crippen LogP contribution in [-0.4, -0.2) is 9.97 Å². The molecule has 0 radical (unpaired) electrons. The molecular weight excluding hydrogens is 419 g/mol. The quantitative estimate of drug-likeness (QED) is 0.412. The number of halogens is 4. The molecule has 0 aliphatic carbocycles. The van der Waals surface area contributed by atoms with Gasteiger partial charge in [-0.05, 0) is 48.0 Å². The highest BCUT2D eigenvalue weighted by atomic mass is 35.5. The Morgan fingerprint density at radius 2 is 1.79 bits per heavy atom. The largest absolute Gasteiger partial charge is 0.337 e. The maximum absolute atomic E-state index is 14.2. The van der Waals surface area contributed by atoms with Gasteiger partial charge in [-0.1, -0.05) is 29.3 Å². The Balaban J connectivity index is 1.89. The number of H-pyrrole nitrogens is 1. The van der Waals surface area contributed by atoms with Crippen molar-refractivity contribution in [2.24, 2.45) is 0 Å². The first kappa shape index (κ1) is 19.4. The topological polar surface area (TPSA) is 49.0 Å². The zero-order valence-corrected chi connectivity index (χ0v) is 16.3. The number of fused-ring (bicyclic) bond motifs is 1. The third-order valence-electron chi connectivity index (χ3n) is 4.46. The lowest BCUT2D eigenvalue weighted by molar-refractivity contribution is 0.515. The molecule has 0 spiro atoms. The second-order valence-corrected chi connectivity index (χ2v) is 7.17. The zero-order valence-electron chi connectivity index (χ0n) is 14.8. The number of nitrogens with zero attached hydrogens (tertiary/aromatic N) is 2. The summed E-state index contributed by atoms with van der Waals surface area (Å²) >= 11 is 12.2. The molecule has 1 N–H and O–H groups in total. The van der Waals surface area contributed by atoms with E-state index in [0.717, 1.165) is 11.8 Å². The van der Waals surface area contributed by atoms with Crippen LogP contribution in [0.25, 0.3) is 10.9 Å². The van der Waals surface area contributed by atoms with Crippen molar-refractivity contribution < 1.29 is 8.78 Å². The standard InChI is InChI=1S/C21H13Cl2F2N3O/c22-13-2-1-3-14(9-13)28(15-6-7-26-18(23)10-15)11-12-8-19(29)27-21-16(12)4-5-17(24)20(21)25/h1-10H,11H2,(H,27,29). The lowest BCUT2D eigenvalue weighted by Gasteiger charge is -2.26. The van der Waals surface area contributed by atoms with Gasteiger partial charge in [0, 0.05) is 40.6 Å². The molecule has 0 saturated heterocycles. The molecule has 0 aliphatic heterocycles. The summed E-state index contributed by atoms with van der Waals surface area (Å²) in [5.41, 5.74) is 1.23. The summed E-state index contributed by atoms with van der Waals surface area (Å²) in [6.07, 6.45) is 1.56. The molecule has 4 nitrogen and oxygen atoms in total. The van der Waals surface area contributed by atoms with Crippen molar-refractivity contribution in [2.75, 3.05) is 4.90 Å². The van der Waals surface area contributed by atoms with E-state index < -0.39 is 17.2 Å². The smallest absolute Gasteiger partial charge is 0.248 e. The van der Waals surface area contributed by atoms with Gasteiger partial charge in [-0.15, -0.1) is 0 Å². The number of rotatable bonds is 4. The highest BCUT2D eigenvalue weighted by Crippen LogP contribution is 2.32. The molecule has 29 heavy (non-hydrogen) atoms. The molecule has 4 rings (SSSR count). The third-order valence-corrected chi connectivity index (χ3v) is 4.91. The fourth-order valence-corrected chi connectivity index (χ4v) is 3.53. The molecule has 2 aromatic heterocycles. The van der Waals surface area contributed by atoms with Crippen LogP contribution in [0.4, 0.5) is 20.2 Å². The number of aromatic amines is 1. The van der Waals surface area contributed by atoms with Crippen LogP contribution >= 0.6 is 23.2 Å². The highest BCUT2D eigenvalue weighted by Gasteiger charge is 2.17. The van der Waals surface area contributed by atoms with E-state index in [2.05, 4.69) is 9.97 Å². The molecule has 0 saturated carbocycles. The van der Waals surface area contributed by atoms with Gasteiger partial charge in [0.05, 0.1) is 5.52 Å². The number of benzene rings is 2. The molecule has 0 unspecified atom stereocenters. The summed E-state index contributed by atoms with van der Waals surface area (Å²) in [5.74, 6) is -2.12. The average molecular weight is 432 g/mol. The summed E-state index contributed by atoms with van der Waals surface area (Å²) in [6.45, 7) is 0.187. The van der Waals surface area contributed by atoms with E-state index in [-0.39, 0.29) is 12.1 Å². The van der Waals surface area contributed by atoms with Crippen molar-refractivity contribution in [3.63, 3.8) is 0 Å². The minimum absolute atomic E-state index is 0.175. The van der Waals surface area contributed by atoms with Crippen LogP contribution in [0.1, 0.15) is 5.56 Å². The van der Waals surface area contributed by atoms with Crippen LogP contribution in [0.15, 0.2) is 65.6 Å². The molecule has 0 amide bonds. The number of aromatic nitrogens is 2. The van der Waals surface area contributed by atoms with Crippen LogP contribution in [0.5, 0.6) is 0 Å². The first-order valence-corrected chi connectivity index (χ1v) is 9.32. The Bertz CT molecular complexity index is 1230. The number of anilines is 2. The predicted molar refractivity (Wildman–Crippen MR) is 111 cm³/mol. The van der Waals surface area contributed by atoms with Crippen molar-refractivity contribution in [2.45, 2.75) is 6.54 Å². The van der Waals surface area contributed by atoms with Gasteiger partial charge in [0.15, 0.2) is 11.6 Å². The predicted octanol–water partition coefficient (Wildman–Crippen LogP) is 5.85. The summed E-state index contributed by atoms with van der Waals surface area (Å²) in [5, 5.41) is 1.21. The first-order chi connectivity index (χ1) is 13.9. The van der Waals surface area contributed by atoms with Crippen molar-refractivity contribution in [3.8, 4) is 0 Å². The van der Waals surface area contributed by atoms with Gasteiger partial charge in [0.1, 0.15) is 5.15 Å². The average Bonchev–Trinajstić information content (AvgIpc) is 2.69. The molecule has 146 valence electrons. The molecular formula is C21H13Cl2F2N3O. The normalized spacial score (nSPS) is 11.0.